The molecule has 9 nitrogen and oxygen atoms in total. The zero-order chi connectivity index (χ0) is 20.1. The maximum atomic E-state index is 12.2. The van der Waals surface area contributed by atoms with E-state index in [-0.39, 0.29) is 28.5 Å². The lowest BCUT2D eigenvalue weighted by Gasteiger charge is -2.09. The Morgan fingerprint density at radius 3 is 2.64 bits per heavy atom. The largest absolute Gasteiger partial charge is 0.497 e. The molecule has 0 aliphatic rings. The van der Waals surface area contributed by atoms with Crippen LogP contribution in [0.1, 0.15) is 5.56 Å². The van der Waals surface area contributed by atoms with Crippen LogP contribution in [-0.2, 0) is 4.79 Å². The summed E-state index contributed by atoms with van der Waals surface area (Å²) in [5.41, 5.74) is 2.12. The summed E-state index contributed by atoms with van der Waals surface area (Å²) >= 11 is 1.10. The quantitative estimate of drug-likeness (QED) is 0.362. The highest BCUT2D eigenvalue weighted by molar-refractivity contribution is 7.99. The monoisotopic (exact) mass is 400 g/mol. The van der Waals surface area contributed by atoms with Gasteiger partial charge in [-0.15, -0.1) is 10.2 Å². The van der Waals surface area contributed by atoms with E-state index in [1.807, 2.05) is 13.0 Å². The van der Waals surface area contributed by atoms with Crippen LogP contribution in [0.2, 0.25) is 0 Å². The summed E-state index contributed by atoms with van der Waals surface area (Å²) in [5, 5.41) is 21.5. The molecule has 0 aliphatic heterocycles. The van der Waals surface area contributed by atoms with E-state index in [0.717, 1.165) is 23.1 Å². The van der Waals surface area contributed by atoms with Gasteiger partial charge in [-0.05, 0) is 42.8 Å². The predicted molar refractivity (Wildman–Crippen MR) is 103 cm³/mol. The van der Waals surface area contributed by atoms with Crippen LogP contribution in [-0.4, -0.2) is 33.9 Å². The number of non-ortho nitro benzene ring substituents is 1. The molecule has 1 N–H and O–H groups in total. The van der Waals surface area contributed by atoms with Crippen molar-refractivity contribution in [3.8, 4) is 17.2 Å². The number of nitro benzene ring substituents is 1. The standard InChI is InChI=1S/C18H16N4O5S/c1-11-9-14(26-2)7-8-15(11)19-16(23)10-28-18-21-20-17(27-18)12-3-5-13(6-4-12)22(24)25/h3-9H,10H2,1-2H3,(H,19,23). The number of methoxy groups -OCH3 is 1. The highest BCUT2D eigenvalue weighted by Gasteiger charge is 2.13. The first-order valence-electron chi connectivity index (χ1n) is 8.12. The van der Waals surface area contributed by atoms with E-state index in [4.69, 9.17) is 9.15 Å². The van der Waals surface area contributed by atoms with Gasteiger partial charge in [-0.3, -0.25) is 14.9 Å². The maximum Gasteiger partial charge on any atom is 0.277 e. The van der Waals surface area contributed by atoms with Gasteiger partial charge in [-0.1, -0.05) is 11.8 Å². The number of nitro groups is 1. The van der Waals surface area contributed by atoms with Crippen molar-refractivity contribution in [1.82, 2.24) is 10.2 Å². The minimum atomic E-state index is -0.484. The highest BCUT2D eigenvalue weighted by Crippen LogP contribution is 2.25. The molecule has 0 fully saturated rings. The van der Waals surface area contributed by atoms with E-state index in [0.29, 0.717) is 11.3 Å². The fourth-order valence-electron chi connectivity index (χ4n) is 2.33. The molecule has 1 heterocycles. The van der Waals surface area contributed by atoms with Gasteiger partial charge in [-0.25, -0.2) is 0 Å². The first kappa shape index (κ1) is 19.4. The molecule has 0 saturated heterocycles. The number of carbonyl (C=O) groups excluding carboxylic acids is 1. The number of anilines is 1. The van der Waals surface area contributed by atoms with Gasteiger partial charge in [-0.2, -0.15) is 0 Å². The van der Waals surface area contributed by atoms with Crippen molar-refractivity contribution in [3.05, 3.63) is 58.1 Å². The van der Waals surface area contributed by atoms with Crippen LogP contribution in [0, 0.1) is 17.0 Å². The topological polar surface area (TPSA) is 120 Å². The highest BCUT2D eigenvalue weighted by atomic mass is 32.2. The first-order valence-corrected chi connectivity index (χ1v) is 9.10. The molecule has 0 bridgehead atoms. The smallest absolute Gasteiger partial charge is 0.277 e. The average Bonchev–Trinajstić information content (AvgIpc) is 3.17. The lowest BCUT2D eigenvalue weighted by atomic mass is 10.2. The zero-order valence-corrected chi connectivity index (χ0v) is 15.9. The Morgan fingerprint density at radius 1 is 1.25 bits per heavy atom. The minimum absolute atomic E-state index is 0.0247. The van der Waals surface area contributed by atoms with E-state index < -0.39 is 4.92 Å². The molecule has 0 unspecified atom stereocenters. The molecule has 0 atom stereocenters. The maximum absolute atomic E-state index is 12.2. The number of hydrogen-bond acceptors (Lipinski definition) is 8. The number of amides is 1. The number of nitrogens with zero attached hydrogens (tertiary/aromatic N) is 3. The molecule has 10 heteroatoms. The van der Waals surface area contributed by atoms with Crippen LogP contribution in [0.15, 0.2) is 52.1 Å². The SMILES string of the molecule is COc1ccc(NC(=O)CSc2nnc(-c3ccc([N+](=O)[O-])cc3)o2)c(C)c1. The fourth-order valence-corrected chi connectivity index (χ4v) is 2.89. The van der Waals surface area contributed by atoms with Crippen molar-refractivity contribution in [1.29, 1.82) is 0 Å². The van der Waals surface area contributed by atoms with Gasteiger partial charge in [0.25, 0.3) is 10.9 Å². The molecule has 1 aromatic heterocycles. The summed E-state index contributed by atoms with van der Waals surface area (Å²) in [5.74, 6) is 0.819. The Balaban J connectivity index is 1.58. The van der Waals surface area contributed by atoms with Crippen molar-refractivity contribution < 1.29 is 18.9 Å². The number of benzene rings is 2. The molecule has 28 heavy (non-hydrogen) atoms. The second-order valence-corrected chi connectivity index (χ2v) is 6.62. The van der Waals surface area contributed by atoms with Gasteiger partial charge in [0.05, 0.1) is 17.8 Å². The van der Waals surface area contributed by atoms with Crippen molar-refractivity contribution in [2.75, 3.05) is 18.2 Å². The number of carbonyl (C=O) groups is 1. The van der Waals surface area contributed by atoms with E-state index in [1.54, 1.807) is 19.2 Å². The number of thioether (sulfide) groups is 1. The minimum Gasteiger partial charge on any atom is -0.497 e. The number of aryl methyl sites for hydroxylation is 1. The van der Waals surface area contributed by atoms with Gasteiger partial charge >= 0.3 is 0 Å². The van der Waals surface area contributed by atoms with Crippen LogP contribution in [0.3, 0.4) is 0 Å². The van der Waals surface area contributed by atoms with E-state index in [1.165, 1.54) is 24.3 Å². The molecule has 144 valence electrons. The normalized spacial score (nSPS) is 10.5. The third-order valence-corrected chi connectivity index (χ3v) is 4.58. The van der Waals surface area contributed by atoms with Gasteiger partial charge in [0, 0.05) is 23.4 Å². The summed E-state index contributed by atoms with van der Waals surface area (Å²) in [7, 11) is 1.58. The number of rotatable bonds is 7. The molecule has 3 aromatic rings. The van der Waals surface area contributed by atoms with Crippen LogP contribution in [0.5, 0.6) is 5.75 Å². The molecule has 0 spiro atoms. The number of hydrogen-bond donors (Lipinski definition) is 1. The van der Waals surface area contributed by atoms with Crippen molar-refractivity contribution in [2.24, 2.45) is 0 Å². The molecular formula is C18H16N4O5S. The summed E-state index contributed by atoms with van der Waals surface area (Å²) in [6.07, 6.45) is 0. The van der Waals surface area contributed by atoms with Crippen molar-refractivity contribution >= 4 is 29.0 Å². The average molecular weight is 400 g/mol. The molecule has 0 radical (unpaired) electrons. The zero-order valence-electron chi connectivity index (χ0n) is 15.0. The lowest BCUT2D eigenvalue weighted by molar-refractivity contribution is -0.384. The number of ether oxygens (including phenoxy) is 1. The van der Waals surface area contributed by atoms with Gasteiger partial charge in [0.1, 0.15) is 5.75 Å². The van der Waals surface area contributed by atoms with Crippen molar-refractivity contribution in [2.45, 2.75) is 12.1 Å². The van der Waals surface area contributed by atoms with E-state index in [9.17, 15) is 14.9 Å². The third kappa shape index (κ3) is 4.65. The third-order valence-electron chi connectivity index (χ3n) is 3.77. The second kappa shape index (κ2) is 8.53. The van der Waals surface area contributed by atoms with Crippen LogP contribution in [0.4, 0.5) is 11.4 Å². The molecule has 3 rings (SSSR count). The molecular weight excluding hydrogens is 384 g/mol. The Bertz CT molecular complexity index is 1000. The Kier molecular flexibility index (Phi) is 5.90. The molecule has 1 amide bonds. The summed E-state index contributed by atoms with van der Waals surface area (Å²) in [6, 6.07) is 11.1. The molecule has 2 aromatic carbocycles. The van der Waals surface area contributed by atoms with Crippen molar-refractivity contribution in [3.63, 3.8) is 0 Å². The first-order chi connectivity index (χ1) is 13.5. The van der Waals surface area contributed by atoms with Gasteiger partial charge in [0.2, 0.25) is 11.8 Å². The summed E-state index contributed by atoms with van der Waals surface area (Å²) < 4.78 is 10.6. The van der Waals surface area contributed by atoms with Gasteiger partial charge < -0.3 is 14.5 Å². The summed E-state index contributed by atoms with van der Waals surface area (Å²) in [6.45, 7) is 1.87. The van der Waals surface area contributed by atoms with Crippen LogP contribution >= 0.6 is 11.8 Å². The van der Waals surface area contributed by atoms with E-state index in [2.05, 4.69) is 15.5 Å². The number of aromatic nitrogens is 2. The molecule has 0 saturated carbocycles. The molecule has 0 aliphatic carbocycles. The second-order valence-electron chi connectivity index (χ2n) is 5.69. The lowest BCUT2D eigenvalue weighted by Crippen LogP contribution is -2.14. The Morgan fingerprint density at radius 2 is 2.00 bits per heavy atom. The Hall–Kier alpha value is -3.40. The Labute approximate surface area is 164 Å². The summed E-state index contributed by atoms with van der Waals surface area (Å²) in [4.78, 5) is 22.4. The van der Waals surface area contributed by atoms with E-state index >= 15 is 0 Å². The predicted octanol–water partition coefficient (Wildman–Crippen LogP) is 3.69. The van der Waals surface area contributed by atoms with Gasteiger partial charge in [0.15, 0.2) is 0 Å². The van der Waals surface area contributed by atoms with Crippen LogP contribution in [0.25, 0.3) is 11.5 Å². The number of nitrogens with one attached hydrogen (secondary N) is 1. The van der Waals surface area contributed by atoms with Crippen LogP contribution < -0.4 is 10.1 Å². The fraction of sp³-hybridized carbons (Fsp3) is 0.167.